The van der Waals surface area contributed by atoms with Gasteiger partial charge in [0.2, 0.25) is 0 Å². The van der Waals surface area contributed by atoms with Crippen LogP contribution in [0.25, 0.3) is 11.1 Å². The molecule has 0 spiro atoms. The van der Waals surface area contributed by atoms with E-state index in [-0.39, 0.29) is 17.0 Å². The average molecular weight is 391 g/mol. The van der Waals surface area contributed by atoms with Gasteiger partial charge in [-0.05, 0) is 59.1 Å². The number of aromatic carboxylic acids is 1. The number of rotatable bonds is 3. The van der Waals surface area contributed by atoms with Gasteiger partial charge >= 0.3 is 5.97 Å². The van der Waals surface area contributed by atoms with Crippen LogP contribution in [0, 0.1) is 5.41 Å². The number of carboxylic acids is 1. The van der Waals surface area contributed by atoms with E-state index in [9.17, 15) is 14.7 Å². The second-order valence-corrected chi connectivity index (χ2v) is 9.51. The van der Waals surface area contributed by atoms with Gasteiger partial charge in [0, 0.05) is 30.4 Å². The number of pyridine rings is 1. The van der Waals surface area contributed by atoms with Crippen LogP contribution < -0.4 is 10.2 Å². The number of aromatic nitrogens is 1. The Kier molecular flexibility index (Phi) is 3.83. The van der Waals surface area contributed by atoms with Crippen LogP contribution in [0.15, 0.2) is 35.3 Å². The zero-order chi connectivity index (χ0) is 20.5. The molecule has 1 aromatic heterocycles. The van der Waals surface area contributed by atoms with E-state index in [4.69, 9.17) is 4.74 Å². The Labute approximate surface area is 169 Å². The molecule has 1 atom stereocenters. The molecule has 1 aromatic carbocycles. The van der Waals surface area contributed by atoms with Crippen molar-refractivity contribution in [1.82, 2.24) is 4.57 Å². The lowest BCUT2D eigenvalue weighted by molar-refractivity contribution is 0.0693. The first-order valence-corrected chi connectivity index (χ1v) is 10.2. The Bertz CT molecular complexity index is 1130. The number of carboxylic acid groups (broad SMARTS) is 1. The van der Waals surface area contributed by atoms with Crippen molar-refractivity contribution in [2.45, 2.75) is 58.6 Å². The van der Waals surface area contributed by atoms with Gasteiger partial charge in [0.15, 0.2) is 5.43 Å². The van der Waals surface area contributed by atoms with E-state index in [1.54, 1.807) is 6.20 Å². The Balaban J connectivity index is 1.64. The molecule has 0 radical (unpaired) electrons. The van der Waals surface area contributed by atoms with E-state index >= 15 is 0 Å². The maximum Gasteiger partial charge on any atom is 0.341 e. The fraction of sp³-hybridized carbons (Fsp3) is 0.417. The first-order valence-electron chi connectivity index (χ1n) is 10.2. The normalized spacial score (nSPS) is 20.2. The monoisotopic (exact) mass is 391 g/mol. The minimum atomic E-state index is -1.17. The minimum Gasteiger partial charge on any atom is -0.490 e. The Morgan fingerprint density at radius 2 is 1.93 bits per heavy atom. The number of ether oxygens (including phenoxy) is 1. The topological polar surface area (TPSA) is 68.5 Å². The molecule has 3 aliphatic rings. The molecule has 0 bridgehead atoms. The van der Waals surface area contributed by atoms with Crippen LogP contribution in [-0.2, 0) is 6.42 Å². The molecule has 1 aliphatic heterocycles. The molecule has 2 aliphatic carbocycles. The van der Waals surface area contributed by atoms with Gasteiger partial charge in [0.25, 0.3) is 0 Å². The van der Waals surface area contributed by atoms with Crippen LogP contribution in [0.5, 0.6) is 5.75 Å². The molecule has 0 saturated heterocycles. The van der Waals surface area contributed by atoms with Crippen molar-refractivity contribution in [1.29, 1.82) is 0 Å². The number of carbonyl (C=O) groups is 1. The summed E-state index contributed by atoms with van der Waals surface area (Å²) >= 11 is 0. The van der Waals surface area contributed by atoms with Crippen LogP contribution in [-0.4, -0.2) is 21.7 Å². The lowest BCUT2D eigenvalue weighted by Crippen LogP contribution is -2.32. The molecule has 150 valence electrons. The Hall–Kier alpha value is -2.82. The fourth-order valence-corrected chi connectivity index (χ4v) is 4.63. The predicted molar refractivity (Wildman–Crippen MR) is 111 cm³/mol. The highest BCUT2D eigenvalue weighted by Gasteiger charge is 2.38. The zero-order valence-corrected chi connectivity index (χ0v) is 17.0. The van der Waals surface area contributed by atoms with E-state index < -0.39 is 11.4 Å². The predicted octanol–water partition coefficient (Wildman–Crippen LogP) is 4.55. The number of benzene rings is 1. The van der Waals surface area contributed by atoms with E-state index in [2.05, 4.69) is 39.0 Å². The smallest absolute Gasteiger partial charge is 0.341 e. The lowest BCUT2D eigenvalue weighted by Gasteiger charge is -2.39. The Morgan fingerprint density at radius 3 is 2.59 bits per heavy atom. The number of fused-ring (bicyclic) bond motifs is 4. The maximum atomic E-state index is 12.5. The number of allylic oxidation sites excluding steroid dienone is 2. The highest BCUT2D eigenvalue weighted by Crippen LogP contribution is 2.51. The van der Waals surface area contributed by atoms with Crippen molar-refractivity contribution >= 4 is 17.1 Å². The second kappa shape index (κ2) is 6.09. The lowest BCUT2D eigenvalue weighted by atomic mass is 9.78. The molecule has 5 heteroatoms. The molecule has 2 aromatic rings. The highest BCUT2D eigenvalue weighted by atomic mass is 16.5. The largest absolute Gasteiger partial charge is 0.490 e. The minimum absolute atomic E-state index is 0.0725. The molecule has 1 N–H and O–H groups in total. The van der Waals surface area contributed by atoms with Gasteiger partial charge in [0.05, 0.1) is 6.10 Å². The molecule has 1 fully saturated rings. The van der Waals surface area contributed by atoms with E-state index in [0.717, 1.165) is 42.7 Å². The summed E-state index contributed by atoms with van der Waals surface area (Å²) in [5.41, 5.74) is 5.04. The molecule has 1 saturated carbocycles. The van der Waals surface area contributed by atoms with Crippen molar-refractivity contribution in [2.75, 3.05) is 0 Å². The SMILES string of the molecule is CC(C)(C)[C@@H]1CC2=C(Cc3cc(OC4CC4)ccc32)c2cc(=O)c(C(=O)O)cn21. The molecule has 5 rings (SSSR count). The first-order chi connectivity index (χ1) is 13.7. The van der Waals surface area contributed by atoms with Gasteiger partial charge in [0.1, 0.15) is 11.3 Å². The molecule has 5 nitrogen and oxygen atoms in total. The number of hydrogen-bond acceptors (Lipinski definition) is 3. The van der Waals surface area contributed by atoms with E-state index in [1.165, 1.54) is 22.8 Å². The average Bonchev–Trinajstić information content (AvgIpc) is 3.37. The third-order valence-electron chi connectivity index (χ3n) is 6.31. The zero-order valence-electron chi connectivity index (χ0n) is 17.0. The summed E-state index contributed by atoms with van der Waals surface area (Å²) in [5.74, 6) is -0.258. The molecular formula is C24H25NO4. The van der Waals surface area contributed by atoms with Gasteiger partial charge in [-0.1, -0.05) is 26.8 Å². The van der Waals surface area contributed by atoms with E-state index in [1.807, 2.05) is 4.57 Å². The van der Waals surface area contributed by atoms with Crippen LogP contribution in [0.2, 0.25) is 0 Å². The highest BCUT2D eigenvalue weighted by molar-refractivity contribution is 5.98. The van der Waals surface area contributed by atoms with Gasteiger partial charge < -0.3 is 14.4 Å². The third-order valence-corrected chi connectivity index (χ3v) is 6.31. The van der Waals surface area contributed by atoms with Gasteiger partial charge in [-0.3, -0.25) is 4.79 Å². The molecule has 0 unspecified atom stereocenters. The summed E-state index contributed by atoms with van der Waals surface area (Å²) in [4.78, 5) is 24.1. The standard InChI is InChI=1S/C24H25NO4/c1-24(2,3)22-10-17-16-7-6-15(29-14-4-5-14)8-13(16)9-18(17)20-11-21(26)19(23(27)28)12-25(20)22/h6-8,11-12,14,22H,4-5,9-10H2,1-3H3,(H,27,28)/t22-/m0/s1. The Morgan fingerprint density at radius 1 is 1.17 bits per heavy atom. The summed E-state index contributed by atoms with van der Waals surface area (Å²) < 4.78 is 8.00. The molecule has 2 heterocycles. The second-order valence-electron chi connectivity index (χ2n) is 9.51. The van der Waals surface area contributed by atoms with Crippen molar-refractivity contribution in [2.24, 2.45) is 5.41 Å². The fourth-order valence-electron chi connectivity index (χ4n) is 4.63. The maximum absolute atomic E-state index is 12.5. The molecular weight excluding hydrogens is 366 g/mol. The third kappa shape index (κ3) is 3.00. The number of hydrogen-bond donors (Lipinski definition) is 1. The molecule has 0 amide bonds. The summed E-state index contributed by atoms with van der Waals surface area (Å²) in [6.07, 6.45) is 5.72. The summed E-state index contributed by atoms with van der Waals surface area (Å²) in [6.45, 7) is 6.48. The summed E-state index contributed by atoms with van der Waals surface area (Å²) in [5, 5.41) is 9.45. The number of nitrogens with zero attached hydrogens (tertiary/aromatic N) is 1. The van der Waals surface area contributed by atoms with Gasteiger partial charge in [-0.25, -0.2) is 4.79 Å². The van der Waals surface area contributed by atoms with Crippen LogP contribution >= 0.6 is 0 Å². The van der Waals surface area contributed by atoms with Crippen LogP contribution in [0.3, 0.4) is 0 Å². The first kappa shape index (κ1) is 18.2. The summed E-state index contributed by atoms with van der Waals surface area (Å²) in [7, 11) is 0. The molecule has 29 heavy (non-hydrogen) atoms. The van der Waals surface area contributed by atoms with Gasteiger partial charge in [-0.2, -0.15) is 0 Å². The van der Waals surface area contributed by atoms with Crippen molar-refractivity contribution in [3.63, 3.8) is 0 Å². The van der Waals surface area contributed by atoms with Crippen molar-refractivity contribution < 1.29 is 14.6 Å². The van der Waals surface area contributed by atoms with Crippen molar-refractivity contribution in [3.8, 4) is 5.75 Å². The summed E-state index contributed by atoms with van der Waals surface area (Å²) in [6, 6.07) is 7.92. The quantitative estimate of drug-likeness (QED) is 0.834. The van der Waals surface area contributed by atoms with Gasteiger partial charge in [-0.15, -0.1) is 0 Å². The van der Waals surface area contributed by atoms with Crippen LogP contribution in [0.4, 0.5) is 0 Å². The van der Waals surface area contributed by atoms with Crippen LogP contribution in [0.1, 0.15) is 73.3 Å². The van der Waals surface area contributed by atoms with Crippen molar-refractivity contribution in [3.05, 3.63) is 63.1 Å². The van der Waals surface area contributed by atoms with E-state index in [0.29, 0.717) is 6.10 Å².